The van der Waals surface area contributed by atoms with Gasteiger partial charge in [-0.25, -0.2) is 0 Å². The molecule has 0 amide bonds. The Hall–Kier alpha value is -0.600. The molecule has 0 atom stereocenters. The molecule has 1 N–H and O–H groups in total. The van der Waals surface area contributed by atoms with Crippen molar-refractivity contribution in [1.29, 1.82) is 0 Å². The first-order valence-electron chi connectivity index (χ1n) is 6.07. The normalized spacial score (nSPS) is 8.00. The molecule has 0 aromatic rings. The van der Waals surface area contributed by atoms with Gasteiger partial charge in [-0.15, -0.1) is 13.2 Å². The third kappa shape index (κ3) is 50.3. The predicted octanol–water partition coefficient (Wildman–Crippen LogP) is 3.96. The van der Waals surface area contributed by atoms with Crippen molar-refractivity contribution in [3.63, 3.8) is 0 Å². The molecule has 98 valence electrons. The van der Waals surface area contributed by atoms with Gasteiger partial charge in [-0.3, -0.25) is 0 Å². The molecule has 2 nitrogen and oxygen atoms in total. The summed E-state index contributed by atoms with van der Waals surface area (Å²) in [6.45, 7) is 14.1. The molecule has 0 aliphatic rings. The summed E-state index contributed by atoms with van der Waals surface area (Å²) in [5.41, 5.74) is 0. The van der Waals surface area contributed by atoms with Gasteiger partial charge in [0.1, 0.15) is 0 Å². The van der Waals surface area contributed by atoms with Crippen LogP contribution < -0.4 is 0 Å². The van der Waals surface area contributed by atoms with E-state index in [1.54, 1.807) is 12.2 Å². The third-order valence-electron chi connectivity index (χ3n) is 1.38. The summed E-state index contributed by atoms with van der Waals surface area (Å²) in [5, 5.41) is 8.34. The lowest BCUT2D eigenvalue weighted by molar-refractivity contribution is 0.0896. The van der Waals surface area contributed by atoms with E-state index < -0.39 is 0 Å². The predicted molar refractivity (Wildman–Crippen MR) is 73.8 cm³/mol. The number of hydrogen-bond acceptors (Lipinski definition) is 2. The molecular weight excluding hydrogens is 200 g/mol. The zero-order valence-electron chi connectivity index (χ0n) is 11.4. The average Bonchev–Trinajstić information content (AvgIpc) is 2.26. The molecular formula is C14H30O2. The van der Waals surface area contributed by atoms with Gasteiger partial charge in [0.15, 0.2) is 0 Å². The first kappa shape index (κ1) is 20.8. The quantitative estimate of drug-likeness (QED) is 0.530. The molecule has 0 fully saturated rings. The minimum Gasteiger partial charge on any atom is -0.394 e. The van der Waals surface area contributed by atoms with E-state index in [1.165, 1.54) is 19.3 Å². The molecule has 2 heteroatoms. The molecule has 0 heterocycles. The number of allylic oxidation sites excluding steroid dienone is 2. The molecule has 0 radical (unpaired) electrons. The molecule has 0 bridgehead atoms. The molecule has 0 aromatic heterocycles. The van der Waals surface area contributed by atoms with E-state index in [4.69, 9.17) is 9.84 Å². The Morgan fingerprint density at radius 3 is 1.88 bits per heavy atom. The zero-order valence-corrected chi connectivity index (χ0v) is 11.4. The standard InChI is InChI=1S/C8H18O2.2C3H6/c1-2-3-4-5-7-10-8-6-9;2*1-3-2/h9H,2-8H2,1H3;2*3H,1H2,2H3. The van der Waals surface area contributed by atoms with Crippen molar-refractivity contribution < 1.29 is 9.84 Å². The van der Waals surface area contributed by atoms with Gasteiger partial charge in [0.25, 0.3) is 0 Å². The maximum Gasteiger partial charge on any atom is 0.0697 e. The summed E-state index contributed by atoms with van der Waals surface area (Å²) in [5.74, 6) is 0. The monoisotopic (exact) mass is 230 g/mol. The fourth-order valence-electron chi connectivity index (χ4n) is 0.798. The van der Waals surface area contributed by atoms with Gasteiger partial charge in [-0.2, -0.15) is 0 Å². The van der Waals surface area contributed by atoms with Gasteiger partial charge in [0, 0.05) is 6.61 Å². The van der Waals surface area contributed by atoms with E-state index in [0.717, 1.165) is 13.0 Å². The maximum atomic E-state index is 8.34. The topological polar surface area (TPSA) is 29.5 Å². The lowest BCUT2D eigenvalue weighted by Crippen LogP contribution is -2.00. The summed E-state index contributed by atoms with van der Waals surface area (Å²) < 4.78 is 5.08. The molecule has 0 aromatic carbocycles. The molecule has 0 saturated carbocycles. The zero-order chi connectivity index (χ0) is 13.1. The highest BCUT2D eigenvalue weighted by atomic mass is 16.5. The Kier molecular flexibility index (Phi) is 38.0. The molecule has 0 aliphatic heterocycles. The van der Waals surface area contributed by atoms with Crippen molar-refractivity contribution in [2.24, 2.45) is 0 Å². The molecule has 0 spiro atoms. The fraction of sp³-hybridized carbons (Fsp3) is 0.714. The van der Waals surface area contributed by atoms with Crippen molar-refractivity contribution in [1.82, 2.24) is 0 Å². The van der Waals surface area contributed by atoms with Gasteiger partial charge in [-0.05, 0) is 20.3 Å². The van der Waals surface area contributed by atoms with E-state index in [9.17, 15) is 0 Å². The van der Waals surface area contributed by atoms with E-state index in [0.29, 0.717) is 6.61 Å². The van der Waals surface area contributed by atoms with Crippen LogP contribution in [0.4, 0.5) is 0 Å². The number of rotatable bonds is 7. The highest BCUT2D eigenvalue weighted by Crippen LogP contribution is 1.98. The number of aliphatic hydroxyl groups excluding tert-OH is 1. The van der Waals surface area contributed by atoms with Crippen LogP contribution in [0.5, 0.6) is 0 Å². The van der Waals surface area contributed by atoms with Crippen LogP contribution in [0.3, 0.4) is 0 Å². The Balaban J connectivity index is -0.000000235. The van der Waals surface area contributed by atoms with Gasteiger partial charge in [0.05, 0.1) is 13.2 Å². The van der Waals surface area contributed by atoms with E-state index in [-0.39, 0.29) is 6.61 Å². The summed E-state index contributed by atoms with van der Waals surface area (Å²) in [6.07, 6.45) is 8.44. The first-order chi connectivity index (χ1) is 7.74. The second kappa shape index (κ2) is 29.3. The van der Waals surface area contributed by atoms with Crippen LogP contribution in [0, 0.1) is 0 Å². The molecule has 0 rings (SSSR count). The summed E-state index contributed by atoms with van der Waals surface area (Å²) in [7, 11) is 0. The summed E-state index contributed by atoms with van der Waals surface area (Å²) in [6, 6.07) is 0. The second-order valence-corrected chi connectivity index (χ2v) is 3.21. The van der Waals surface area contributed by atoms with Gasteiger partial charge >= 0.3 is 0 Å². The Labute approximate surface area is 102 Å². The Morgan fingerprint density at radius 2 is 1.50 bits per heavy atom. The maximum absolute atomic E-state index is 8.34. The first-order valence-corrected chi connectivity index (χ1v) is 6.07. The van der Waals surface area contributed by atoms with Crippen LogP contribution in [0.2, 0.25) is 0 Å². The largest absolute Gasteiger partial charge is 0.394 e. The fourth-order valence-corrected chi connectivity index (χ4v) is 0.798. The van der Waals surface area contributed by atoms with Crippen LogP contribution in [-0.2, 0) is 4.74 Å². The number of hydrogen-bond donors (Lipinski definition) is 1. The van der Waals surface area contributed by atoms with E-state index in [1.807, 2.05) is 13.8 Å². The van der Waals surface area contributed by atoms with Crippen LogP contribution in [0.15, 0.2) is 25.3 Å². The number of ether oxygens (including phenoxy) is 1. The second-order valence-electron chi connectivity index (χ2n) is 3.21. The summed E-state index contributed by atoms with van der Waals surface area (Å²) >= 11 is 0. The summed E-state index contributed by atoms with van der Waals surface area (Å²) in [4.78, 5) is 0. The Bertz CT molecular complexity index is 97.3. The smallest absolute Gasteiger partial charge is 0.0697 e. The average molecular weight is 230 g/mol. The molecule has 0 aliphatic carbocycles. The van der Waals surface area contributed by atoms with Crippen LogP contribution >= 0.6 is 0 Å². The van der Waals surface area contributed by atoms with Gasteiger partial charge < -0.3 is 9.84 Å². The lowest BCUT2D eigenvalue weighted by atomic mass is 10.2. The number of unbranched alkanes of at least 4 members (excludes halogenated alkanes) is 3. The van der Waals surface area contributed by atoms with E-state index >= 15 is 0 Å². The van der Waals surface area contributed by atoms with Crippen LogP contribution in [0.1, 0.15) is 46.5 Å². The molecule has 0 saturated heterocycles. The van der Waals surface area contributed by atoms with Crippen molar-refractivity contribution in [2.45, 2.75) is 46.5 Å². The number of aliphatic hydroxyl groups is 1. The molecule has 16 heavy (non-hydrogen) atoms. The van der Waals surface area contributed by atoms with Crippen LogP contribution in [-0.4, -0.2) is 24.9 Å². The minimum absolute atomic E-state index is 0.147. The highest BCUT2D eigenvalue weighted by molar-refractivity contribution is 4.52. The van der Waals surface area contributed by atoms with Gasteiger partial charge in [-0.1, -0.05) is 38.3 Å². The Morgan fingerprint density at radius 1 is 1.00 bits per heavy atom. The minimum atomic E-state index is 0.147. The molecule has 0 unspecified atom stereocenters. The van der Waals surface area contributed by atoms with Gasteiger partial charge in [0.2, 0.25) is 0 Å². The highest BCUT2D eigenvalue weighted by Gasteiger charge is 1.87. The van der Waals surface area contributed by atoms with Crippen molar-refractivity contribution in [3.8, 4) is 0 Å². The lowest BCUT2D eigenvalue weighted by Gasteiger charge is -2.00. The SMILES string of the molecule is C=CC.C=CC.CCCCCCOCCO. The van der Waals surface area contributed by atoms with Crippen molar-refractivity contribution in [3.05, 3.63) is 25.3 Å². The van der Waals surface area contributed by atoms with Crippen LogP contribution in [0.25, 0.3) is 0 Å². The van der Waals surface area contributed by atoms with Crippen molar-refractivity contribution in [2.75, 3.05) is 19.8 Å². The van der Waals surface area contributed by atoms with Crippen molar-refractivity contribution >= 4 is 0 Å². The van der Waals surface area contributed by atoms with E-state index in [2.05, 4.69) is 20.1 Å². The third-order valence-corrected chi connectivity index (χ3v) is 1.38.